The summed E-state index contributed by atoms with van der Waals surface area (Å²) in [6, 6.07) is 15.2. The number of rotatable bonds is 5. The lowest BCUT2D eigenvalue weighted by Crippen LogP contribution is -2.23. The van der Waals surface area contributed by atoms with Gasteiger partial charge in [0.2, 0.25) is 0 Å². The SMILES string of the molecule is C#CCOc1ccc(Br)cc1/C=N\NC(=S)Nc1ccccc1. The van der Waals surface area contributed by atoms with Crippen LogP contribution in [0.15, 0.2) is 58.1 Å². The van der Waals surface area contributed by atoms with E-state index in [2.05, 4.69) is 37.7 Å². The number of halogens is 1. The van der Waals surface area contributed by atoms with Gasteiger partial charge in [-0.25, -0.2) is 0 Å². The van der Waals surface area contributed by atoms with E-state index in [1.165, 1.54) is 0 Å². The Bertz CT molecular complexity index is 741. The highest BCUT2D eigenvalue weighted by atomic mass is 79.9. The summed E-state index contributed by atoms with van der Waals surface area (Å²) < 4.78 is 6.38. The van der Waals surface area contributed by atoms with Gasteiger partial charge in [0, 0.05) is 15.7 Å². The van der Waals surface area contributed by atoms with Crippen LogP contribution in [0.1, 0.15) is 5.56 Å². The fourth-order valence-corrected chi connectivity index (χ4v) is 2.26. The number of hydrogen-bond donors (Lipinski definition) is 2. The maximum Gasteiger partial charge on any atom is 0.191 e. The quantitative estimate of drug-likeness (QED) is 0.354. The lowest BCUT2D eigenvalue weighted by molar-refractivity contribution is 0.370. The van der Waals surface area contributed by atoms with E-state index < -0.39 is 0 Å². The van der Waals surface area contributed by atoms with Crippen LogP contribution in [0, 0.1) is 12.3 Å². The first kappa shape index (κ1) is 17.0. The summed E-state index contributed by atoms with van der Waals surface area (Å²) in [5.41, 5.74) is 4.43. The lowest BCUT2D eigenvalue weighted by atomic mass is 10.2. The van der Waals surface area contributed by atoms with E-state index in [4.69, 9.17) is 23.4 Å². The van der Waals surface area contributed by atoms with Crippen molar-refractivity contribution < 1.29 is 4.74 Å². The molecular weight excluding hydrogens is 374 g/mol. The number of terminal acetylenes is 1. The van der Waals surface area contributed by atoms with E-state index in [9.17, 15) is 0 Å². The van der Waals surface area contributed by atoms with Crippen molar-refractivity contribution in [2.45, 2.75) is 0 Å². The van der Waals surface area contributed by atoms with E-state index in [0.29, 0.717) is 10.9 Å². The van der Waals surface area contributed by atoms with Crippen molar-refractivity contribution >= 4 is 45.2 Å². The first-order chi connectivity index (χ1) is 11.2. The molecule has 0 fully saturated rings. The molecule has 116 valence electrons. The Morgan fingerprint density at radius 3 is 2.83 bits per heavy atom. The van der Waals surface area contributed by atoms with Crippen LogP contribution in [0.2, 0.25) is 0 Å². The summed E-state index contributed by atoms with van der Waals surface area (Å²) in [6.07, 6.45) is 6.83. The Hall–Kier alpha value is -2.36. The van der Waals surface area contributed by atoms with Crippen LogP contribution in [0.4, 0.5) is 5.69 Å². The molecule has 0 atom stereocenters. The van der Waals surface area contributed by atoms with Crippen molar-refractivity contribution in [2.24, 2.45) is 5.10 Å². The number of thiocarbonyl (C=S) groups is 1. The van der Waals surface area contributed by atoms with Crippen molar-refractivity contribution in [1.82, 2.24) is 5.43 Å². The molecule has 0 aliphatic rings. The maximum atomic E-state index is 5.47. The second-order valence-electron chi connectivity index (χ2n) is 4.37. The predicted molar refractivity (Wildman–Crippen MR) is 102 cm³/mol. The number of nitrogens with zero attached hydrogens (tertiary/aromatic N) is 1. The molecular formula is C17H14BrN3OS. The van der Waals surface area contributed by atoms with Crippen molar-refractivity contribution in [3.05, 3.63) is 58.6 Å². The van der Waals surface area contributed by atoms with Crippen LogP contribution in [-0.2, 0) is 0 Å². The fourth-order valence-electron chi connectivity index (χ4n) is 1.71. The molecule has 0 spiro atoms. The second kappa shape index (κ2) is 8.93. The maximum absolute atomic E-state index is 5.47. The molecule has 0 amide bonds. The zero-order chi connectivity index (χ0) is 16.5. The van der Waals surface area contributed by atoms with E-state index >= 15 is 0 Å². The Kier molecular flexibility index (Phi) is 6.60. The summed E-state index contributed by atoms with van der Waals surface area (Å²) in [5, 5.41) is 7.54. The van der Waals surface area contributed by atoms with Gasteiger partial charge in [0.15, 0.2) is 5.11 Å². The average molecular weight is 388 g/mol. The minimum absolute atomic E-state index is 0.198. The Morgan fingerprint density at radius 1 is 1.30 bits per heavy atom. The van der Waals surface area contributed by atoms with Crippen molar-refractivity contribution in [3.63, 3.8) is 0 Å². The summed E-state index contributed by atoms with van der Waals surface area (Å²) in [5.74, 6) is 3.09. The fraction of sp³-hybridized carbons (Fsp3) is 0.0588. The number of nitrogens with one attached hydrogen (secondary N) is 2. The molecule has 6 heteroatoms. The third-order valence-corrected chi connectivity index (χ3v) is 3.37. The zero-order valence-corrected chi connectivity index (χ0v) is 14.5. The van der Waals surface area contributed by atoms with Gasteiger partial charge in [-0.15, -0.1) is 6.42 Å². The average Bonchev–Trinajstić information content (AvgIpc) is 2.55. The van der Waals surface area contributed by atoms with Crippen LogP contribution in [0.25, 0.3) is 0 Å². The van der Waals surface area contributed by atoms with Gasteiger partial charge in [0.25, 0.3) is 0 Å². The van der Waals surface area contributed by atoms with Gasteiger partial charge in [-0.3, -0.25) is 5.43 Å². The number of hydrazone groups is 1. The van der Waals surface area contributed by atoms with Gasteiger partial charge < -0.3 is 10.1 Å². The first-order valence-electron chi connectivity index (χ1n) is 6.70. The predicted octanol–water partition coefficient (Wildman–Crippen LogP) is 3.78. The standard InChI is InChI=1S/C17H14BrN3OS/c1-2-10-22-16-9-8-14(18)11-13(16)12-19-21-17(23)20-15-6-4-3-5-7-15/h1,3-9,11-12H,10H2,(H2,20,21,23)/b19-12-. The van der Waals surface area contributed by atoms with Crippen LogP contribution in [0.3, 0.4) is 0 Å². The molecule has 4 nitrogen and oxygen atoms in total. The van der Waals surface area contributed by atoms with Gasteiger partial charge in [-0.05, 0) is 42.5 Å². The van der Waals surface area contributed by atoms with Crippen LogP contribution < -0.4 is 15.5 Å². The Labute approximate surface area is 149 Å². The van der Waals surface area contributed by atoms with Gasteiger partial charge in [0.05, 0.1) is 6.21 Å². The normalized spacial score (nSPS) is 10.1. The zero-order valence-electron chi connectivity index (χ0n) is 12.1. The third-order valence-electron chi connectivity index (χ3n) is 2.68. The highest BCUT2D eigenvalue weighted by molar-refractivity contribution is 9.10. The van der Waals surface area contributed by atoms with Gasteiger partial charge in [0.1, 0.15) is 12.4 Å². The van der Waals surface area contributed by atoms with Crippen molar-refractivity contribution in [1.29, 1.82) is 0 Å². The van der Waals surface area contributed by atoms with Crippen LogP contribution in [0.5, 0.6) is 5.75 Å². The lowest BCUT2D eigenvalue weighted by Gasteiger charge is -2.08. The molecule has 0 aliphatic carbocycles. The molecule has 2 aromatic carbocycles. The summed E-state index contributed by atoms with van der Waals surface area (Å²) >= 11 is 8.59. The first-order valence-corrected chi connectivity index (χ1v) is 7.90. The number of ether oxygens (including phenoxy) is 1. The molecule has 0 bridgehead atoms. The topological polar surface area (TPSA) is 45.6 Å². The van der Waals surface area contributed by atoms with Crippen molar-refractivity contribution in [2.75, 3.05) is 11.9 Å². The third kappa shape index (κ3) is 5.74. The molecule has 0 saturated heterocycles. The van der Waals surface area contributed by atoms with E-state index in [0.717, 1.165) is 15.7 Å². The highest BCUT2D eigenvalue weighted by Crippen LogP contribution is 2.21. The number of hydrogen-bond acceptors (Lipinski definition) is 3. The Balaban J connectivity index is 1.98. The number of benzene rings is 2. The number of para-hydroxylation sites is 1. The molecule has 2 aromatic rings. The summed E-state index contributed by atoms with van der Waals surface area (Å²) in [4.78, 5) is 0. The second-order valence-corrected chi connectivity index (χ2v) is 5.69. The molecule has 0 heterocycles. The van der Waals surface area contributed by atoms with Crippen molar-refractivity contribution in [3.8, 4) is 18.1 Å². The number of anilines is 1. The molecule has 23 heavy (non-hydrogen) atoms. The summed E-state index contributed by atoms with van der Waals surface area (Å²) in [6.45, 7) is 0.198. The van der Waals surface area contributed by atoms with Gasteiger partial charge in [-0.1, -0.05) is 40.0 Å². The van der Waals surface area contributed by atoms with Gasteiger partial charge >= 0.3 is 0 Å². The minimum atomic E-state index is 0.198. The smallest absolute Gasteiger partial charge is 0.191 e. The monoisotopic (exact) mass is 387 g/mol. The van der Waals surface area contributed by atoms with Crippen LogP contribution in [-0.4, -0.2) is 17.9 Å². The van der Waals surface area contributed by atoms with E-state index in [1.54, 1.807) is 6.21 Å². The van der Waals surface area contributed by atoms with E-state index in [1.807, 2.05) is 48.5 Å². The minimum Gasteiger partial charge on any atom is -0.480 e. The highest BCUT2D eigenvalue weighted by Gasteiger charge is 2.02. The molecule has 2 rings (SSSR count). The van der Waals surface area contributed by atoms with E-state index in [-0.39, 0.29) is 6.61 Å². The van der Waals surface area contributed by atoms with Crippen LogP contribution >= 0.6 is 28.1 Å². The largest absolute Gasteiger partial charge is 0.480 e. The Morgan fingerprint density at radius 2 is 2.09 bits per heavy atom. The molecule has 0 unspecified atom stereocenters. The summed E-state index contributed by atoms with van der Waals surface area (Å²) in [7, 11) is 0. The molecule has 2 N–H and O–H groups in total. The molecule has 0 aromatic heterocycles. The molecule has 0 radical (unpaired) electrons. The molecule has 0 saturated carbocycles. The van der Waals surface area contributed by atoms with Gasteiger partial charge in [-0.2, -0.15) is 5.10 Å². The molecule has 0 aliphatic heterocycles.